The molecule has 1 heterocycles. The maximum Gasteiger partial charge on any atom is 0.125 e. The molecule has 0 fully saturated rings. The van der Waals surface area contributed by atoms with Crippen molar-refractivity contribution in [3.05, 3.63) is 113 Å². The van der Waals surface area contributed by atoms with E-state index in [1.807, 2.05) is 0 Å². The van der Waals surface area contributed by atoms with Gasteiger partial charge in [-0.25, -0.2) is 4.98 Å². The highest BCUT2D eigenvalue weighted by Crippen LogP contribution is 2.56. The topological polar surface area (TPSA) is 12.9 Å². The monoisotopic (exact) mass is 537 g/mol. The number of thiazole rings is 1. The molecule has 1 aliphatic rings. The van der Waals surface area contributed by atoms with Gasteiger partial charge >= 0.3 is 0 Å². The molecule has 0 radical (unpaired) electrons. The lowest BCUT2D eigenvalue weighted by atomic mass is 9.79. The molecule has 6 aromatic rings. The Hall–Kier alpha value is -3.75. The first-order valence-corrected chi connectivity index (χ1v) is 15.0. The number of rotatable bonds is 2. The second-order valence-electron chi connectivity index (χ2n) is 13.0. The minimum absolute atomic E-state index is 0.115. The molecule has 0 saturated carbocycles. The first-order chi connectivity index (χ1) is 19.0. The van der Waals surface area contributed by atoms with Crippen LogP contribution in [0.4, 0.5) is 0 Å². The molecule has 0 bridgehead atoms. The van der Waals surface area contributed by atoms with E-state index in [1.165, 1.54) is 71.1 Å². The Bertz CT molecular complexity index is 1920. The summed E-state index contributed by atoms with van der Waals surface area (Å²) in [6.45, 7) is 16.2. The third-order valence-electron chi connectivity index (χ3n) is 8.85. The van der Waals surface area contributed by atoms with Gasteiger partial charge in [0.2, 0.25) is 0 Å². The summed E-state index contributed by atoms with van der Waals surface area (Å²) in [6, 6.07) is 31.7. The fraction of sp³-hybridized carbons (Fsp3) is 0.237. The smallest absolute Gasteiger partial charge is 0.125 e. The summed E-state index contributed by atoms with van der Waals surface area (Å²) in [5.74, 6) is 0. The zero-order valence-electron chi connectivity index (χ0n) is 24.4. The fourth-order valence-corrected chi connectivity index (χ4v) is 7.86. The van der Waals surface area contributed by atoms with Crippen LogP contribution in [0.25, 0.3) is 53.8 Å². The molecule has 0 spiro atoms. The Morgan fingerprint density at radius 2 is 1.43 bits per heavy atom. The highest BCUT2D eigenvalue weighted by atomic mass is 32.1. The Kier molecular flexibility index (Phi) is 5.44. The van der Waals surface area contributed by atoms with Gasteiger partial charge in [-0.15, -0.1) is 11.3 Å². The highest BCUT2D eigenvalue weighted by Gasteiger charge is 2.39. The summed E-state index contributed by atoms with van der Waals surface area (Å²) < 4.78 is 1.23. The maximum atomic E-state index is 5.15. The number of aryl methyl sites for hydroxylation is 2. The van der Waals surface area contributed by atoms with Crippen molar-refractivity contribution >= 4 is 32.3 Å². The first kappa shape index (κ1) is 25.2. The number of nitrogens with zero attached hydrogens (tertiary/aromatic N) is 1. The summed E-state index contributed by atoms with van der Waals surface area (Å²) in [6.07, 6.45) is 0. The molecule has 1 nitrogen and oxygen atoms in total. The highest BCUT2D eigenvalue weighted by molar-refractivity contribution is 7.21. The van der Waals surface area contributed by atoms with Gasteiger partial charge < -0.3 is 0 Å². The standard InChI is InChI=1S/C38H35NS/c1-22-18-26(37(3,4)5)19-23(2)33(22)25-16-17-30-28(21-25)34-29(36-39-31-14-10-11-15-32(31)40-36)20-24-12-8-9-13-27(24)35(34)38(30,6)7/h8-21H,1-7H3. The molecular weight excluding hydrogens is 502 g/mol. The van der Waals surface area contributed by atoms with Crippen LogP contribution in [0.3, 0.4) is 0 Å². The molecule has 1 aliphatic carbocycles. The van der Waals surface area contributed by atoms with Crippen molar-refractivity contribution in [2.45, 2.75) is 59.3 Å². The van der Waals surface area contributed by atoms with Crippen molar-refractivity contribution < 1.29 is 0 Å². The van der Waals surface area contributed by atoms with Gasteiger partial charge in [-0.05, 0) is 104 Å². The predicted octanol–water partition coefficient (Wildman–Crippen LogP) is 11.0. The first-order valence-electron chi connectivity index (χ1n) is 14.2. The number of aromatic nitrogens is 1. The molecule has 198 valence electrons. The third-order valence-corrected chi connectivity index (χ3v) is 9.92. The number of fused-ring (bicyclic) bond motifs is 6. The second-order valence-corrected chi connectivity index (χ2v) is 14.0. The van der Waals surface area contributed by atoms with Crippen LogP contribution < -0.4 is 0 Å². The van der Waals surface area contributed by atoms with Crippen molar-refractivity contribution in [1.82, 2.24) is 4.98 Å². The molecule has 2 heteroatoms. The SMILES string of the molecule is Cc1cc(C(C)(C)C)cc(C)c1-c1ccc2c(c1)-c1c(-c3nc4ccccc4s3)cc3ccccc3c1C2(C)C. The van der Waals surface area contributed by atoms with Gasteiger partial charge in [0.15, 0.2) is 0 Å². The van der Waals surface area contributed by atoms with Crippen LogP contribution in [0.1, 0.15) is 62.4 Å². The molecule has 0 amide bonds. The molecule has 0 aliphatic heterocycles. The third kappa shape index (κ3) is 3.69. The molecule has 0 N–H and O–H groups in total. The average Bonchev–Trinajstić information content (AvgIpc) is 3.44. The van der Waals surface area contributed by atoms with Crippen LogP contribution in [-0.2, 0) is 10.8 Å². The summed E-state index contributed by atoms with van der Waals surface area (Å²) in [4.78, 5) is 5.15. The van der Waals surface area contributed by atoms with E-state index in [0.717, 1.165) is 10.5 Å². The van der Waals surface area contributed by atoms with E-state index in [9.17, 15) is 0 Å². The van der Waals surface area contributed by atoms with Gasteiger partial charge in [0.05, 0.1) is 10.2 Å². The summed E-state index contributed by atoms with van der Waals surface area (Å²) in [5, 5.41) is 3.72. The lowest BCUT2D eigenvalue weighted by molar-refractivity contribution is 0.589. The lowest BCUT2D eigenvalue weighted by Crippen LogP contribution is -2.15. The van der Waals surface area contributed by atoms with Crippen LogP contribution >= 0.6 is 11.3 Å². The van der Waals surface area contributed by atoms with E-state index in [1.54, 1.807) is 11.3 Å². The van der Waals surface area contributed by atoms with E-state index >= 15 is 0 Å². The van der Waals surface area contributed by atoms with Gasteiger partial charge in [0.1, 0.15) is 5.01 Å². The molecule has 0 unspecified atom stereocenters. The van der Waals surface area contributed by atoms with Gasteiger partial charge in [-0.3, -0.25) is 0 Å². The molecule has 5 aromatic carbocycles. The summed E-state index contributed by atoms with van der Waals surface area (Å²) >= 11 is 1.80. The van der Waals surface area contributed by atoms with Crippen molar-refractivity contribution in [1.29, 1.82) is 0 Å². The largest absolute Gasteiger partial charge is 0.236 e. The predicted molar refractivity (Wildman–Crippen MR) is 174 cm³/mol. The van der Waals surface area contributed by atoms with E-state index < -0.39 is 0 Å². The minimum Gasteiger partial charge on any atom is -0.236 e. The maximum absolute atomic E-state index is 5.15. The van der Waals surface area contributed by atoms with E-state index in [4.69, 9.17) is 4.98 Å². The zero-order chi connectivity index (χ0) is 28.0. The van der Waals surface area contributed by atoms with Crippen molar-refractivity contribution in [3.8, 4) is 32.8 Å². The molecule has 7 rings (SSSR count). The van der Waals surface area contributed by atoms with Gasteiger partial charge in [0, 0.05) is 11.0 Å². The number of para-hydroxylation sites is 1. The zero-order valence-corrected chi connectivity index (χ0v) is 25.3. The van der Waals surface area contributed by atoms with Crippen LogP contribution in [0, 0.1) is 13.8 Å². The van der Waals surface area contributed by atoms with Gasteiger partial charge in [-0.2, -0.15) is 0 Å². The Morgan fingerprint density at radius 3 is 2.15 bits per heavy atom. The van der Waals surface area contributed by atoms with E-state index in [2.05, 4.69) is 133 Å². The molecule has 1 aromatic heterocycles. The fourth-order valence-electron chi connectivity index (χ4n) is 6.87. The summed E-state index contributed by atoms with van der Waals surface area (Å²) in [7, 11) is 0. The van der Waals surface area contributed by atoms with Crippen molar-refractivity contribution in [2.75, 3.05) is 0 Å². The van der Waals surface area contributed by atoms with Gasteiger partial charge in [0.25, 0.3) is 0 Å². The van der Waals surface area contributed by atoms with E-state index in [-0.39, 0.29) is 10.8 Å². The minimum atomic E-state index is -0.115. The lowest BCUT2D eigenvalue weighted by Gasteiger charge is -2.24. The Labute approximate surface area is 241 Å². The van der Waals surface area contributed by atoms with Crippen LogP contribution in [0.5, 0.6) is 0 Å². The number of hydrogen-bond donors (Lipinski definition) is 0. The number of hydrogen-bond acceptors (Lipinski definition) is 2. The van der Waals surface area contributed by atoms with Crippen molar-refractivity contribution in [3.63, 3.8) is 0 Å². The van der Waals surface area contributed by atoms with Crippen LogP contribution in [0.15, 0.2) is 84.9 Å². The van der Waals surface area contributed by atoms with E-state index in [0.29, 0.717) is 0 Å². The Balaban J connectivity index is 1.53. The van der Waals surface area contributed by atoms with Gasteiger partial charge in [-0.1, -0.05) is 95.3 Å². The molecule has 40 heavy (non-hydrogen) atoms. The quantitative estimate of drug-likeness (QED) is 0.214. The molecule has 0 saturated heterocycles. The second kappa shape index (κ2) is 8.62. The summed E-state index contributed by atoms with van der Waals surface area (Å²) in [5.41, 5.74) is 14.6. The molecule has 0 atom stereocenters. The normalized spacial score (nSPS) is 14.1. The Morgan fingerprint density at radius 1 is 0.725 bits per heavy atom. The molecular formula is C38H35NS. The number of benzene rings is 5. The van der Waals surface area contributed by atoms with Crippen LogP contribution in [0.2, 0.25) is 0 Å². The van der Waals surface area contributed by atoms with Crippen LogP contribution in [-0.4, -0.2) is 4.98 Å². The average molecular weight is 538 g/mol. The van der Waals surface area contributed by atoms with Crippen molar-refractivity contribution in [2.24, 2.45) is 0 Å².